The summed E-state index contributed by atoms with van der Waals surface area (Å²) < 4.78 is 0. The van der Waals surface area contributed by atoms with Crippen molar-refractivity contribution in [1.29, 1.82) is 0 Å². The molecule has 0 aromatic carbocycles. The van der Waals surface area contributed by atoms with Crippen LogP contribution in [-0.4, -0.2) is 24.5 Å². The smallest absolute Gasteiger partial charge is 0.261 e. The standard InChI is InChI=1S/C15H22N2OS.ClH/c1-10-8-12(6-7-16-10)17-15(18)14-9-11-4-2-3-5-13(11)19-14;/h9-10,12,16H,2-8H2,1H3,(H,17,18);1H. The van der Waals surface area contributed by atoms with E-state index in [1.165, 1.54) is 23.3 Å². The van der Waals surface area contributed by atoms with Gasteiger partial charge in [0.05, 0.1) is 4.88 Å². The van der Waals surface area contributed by atoms with Crippen molar-refractivity contribution in [3.8, 4) is 0 Å². The number of nitrogens with one attached hydrogen (secondary N) is 2. The third kappa shape index (κ3) is 3.54. The van der Waals surface area contributed by atoms with Gasteiger partial charge in [0.1, 0.15) is 0 Å². The van der Waals surface area contributed by atoms with E-state index in [2.05, 4.69) is 23.6 Å². The average molecular weight is 315 g/mol. The number of aryl methyl sites for hydroxylation is 2. The molecule has 1 saturated heterocycles. The second-order valence-electron chi connectivity index (χ2n) is 5.82. The predicted molar refractivity (Wildman–Crippen MR) is 86.2 cm³/mol. The van der Waals surface area contributed by atoms with Crippen molar-refractivity contribution in [3.63, 3.8) is 0 Å². The van der Waals surface area contributed by atoms with Gasteiger partial charge >= 0.3 is 0 Å². The van der Waals surface area contributed by atoms with Crippen molar-refractivity contribution in [2.45, 2.75) is 57.5 Å². The molecule has 2 atom stereocenters. The maximum atomic E-state index is 12.3. The number of carbonyl (C=O) groups excluding carboxylic acids is 1. The average Bonchev–Trinajstić information content (AvgIpc) is 2.82. The molecule has 0 bridgehead atoms. The zero-order valence-corrected chi connectivity index (χ0v) is 13.5. The Morgan fingerprint density at radius 2 is 2.20 bits per heavy atom. The molecule has 2 aliphatic rings. The van der Waals surface area contributed by atoms with E-state index in [4.69, 9.17) is 0 Å². The summed E-state index contributed by atoms with van der Waals surface area (Å²) in [6, 6.07) is 2.97. The number of carbonyl (C=O) groups is 1. The van der Waals surface area contributed by atoms with Crippen molar-refractivity contribution >= 4 is 29.7 Å². The summed E-state index contributed by atoms with van der Waals surface area (Å²) in [5, 5.41) is 6.62. The van der Waals surface area contributed by atoms with Crippen LogP contribution in [-0.2, 0) is 12.8 Å². The number of fused-ring (bicyclic) bond motifs is 1. The van der Waals surface area contributed by atoms with E-state index in [1.807, 2.05) is 0 Å². The molecule has 112 valence electrons. The van der Waals surface area contributed by atoms with E-state index < -0.39 is 0 Å². The molecule has 3 rings (SSSR count). The van der Waals surface area contributed by atoms with Crippen LogP contribution in [0, 0.1) is 0 Å². The number of piperidine rings is 1. The van der Waals surface area contributed by atoms with Gasteiger partial charge in [-0.2, -0.15) is 0 Å². The van der Waals surface area contributed by atoms with Crippen molar-refractivity contribution in [2.24, 2.45) is 0 Å². The SMILES string of the molecule is CC1CC(NC(=O)c2cc3c(s2)CCCC3)CCN1.Cl. The minimum atomic E-state index is 0. The first kappa shape index (κ1) is 15.8. The summed E-state index contributed by atoms with van der Waals surface area (Å²) in [6.07, 6.45) is 6.95. The Balaban J connectivity index is 0.00000147. The summed E-state index contributed by atoms with van der Waals surface area (Å²) >= 11 is 1.71. The monoisotopic (exact) mass is 314 g/mol. The Hall–Kier alpha value is -0.580. The Morgan fingerprint density at radius 3 is 2.95 bits per heavy atom. The molecule has 0 saturated carbocycles. The summed E-state index contributed by atoms with van der Waals surface area (Å²) in [4.78, 5) is 14.7. The second-order valence-corrected chi connectivity index (χ2v) is 6.95. The van der Waals surface area contributed by atoms with Gasteiger partial charge in [0.25, 0.3) is 5.91 Å². The molecule has 1 aromatic heterocycles. The molecule has 20 heavy (non-hydrogen) atoms. The number of hydrogen-bond acceptors (Lipinski definition) is 3. The molecule has 1 amide bonds. The van der Waals surface area contributed by atoms with E-state index in [0.717, 1.165) is 37.1 Å². The first-order valence-corrected chi connectivity index (χ1v) is 8.20. The van der Waals surface area contributed by atoms with Crippen LogP contribution in [0.3, 0.4) is 0 Å². The Kier molecular flexibility index (Phi) is 5.47. The lowest BCUT2D eigenvalue weighted by Crippen LogP contribution is -2.46. The summed E-state index contributed by atoms with van der Waals surface area (Å²) in [5.74, 6) is 0.137. The van der Waals surface area contributed by atoms with Gasteiger partial charge in [0.2, 0.25) is 0 Å². The number of hydrogen-bond donors (Lipinski definition) is 2. The van der Waals surface area contributed by atoms with Gasteiger partial charge in [-0.3, -0.25) is 4.79 Å². The zero-order chi connectivity index (χ0) is 13.2. The highest BCUT2D eigenvalue weighted by Crippen LogP contribution is 2.29. The van der Waals surface area contributed by atoms with E-state index >= 15 is 0 Å². The van der Waals surface area contributed by atoms with Gasteiger partial charge < -0.3 is 10.6 Å². The summed E-state index contributed by atoms with van der Waals surface area (Å²) in [5.41, 5.74) is 1.42. The van der Waals surface area contributed by atoms with E-state index in [1.54, 1.807) is 11.3 Å². The van der Waals surface area contributed by atoms with Crippen molar-refractivity contribution in [1.82, 2.24) is 10.6 Å². The quantitative estimate of drug-likeness (QED) is 0.881. The van der Waals surface area contributed by atoms with Crippen LogP contribution in [0.25, 0.3) is 0 Å². The Morgan fingerprint density at radius 1 is 1.40 bits per heavy atom. The normalized spacial score (nSPS) is 25.4. The molecule has 5 heteroatoms. The van der Waals surface area contributed by atoms with Gasteiger partial charge in [-0.25, -0.2) is 0 Å². The molecule has 1 aromatic rings. The first-order chi connectivity index (χ1) is 9.22. The Bertz CT molecular complexity index is 451. The highest BCUT2D eigenvalue weighted by atomic mass is 35.5. The molecule has 2 N–H and O–H groups in total. The molecule has 2 heterocycles. The van der Waals surface area contributed by atoms with Crippen molar-refractivity contribution < 1.29 is 4.79 Å². The largest absolute Gasteiger partial charge is 0.349 e. The van der Waals surface area contributed by atoms with Gasteiger partial charge in [-0.1, -0.05) is 0 Å². The second kappa shape index (κ2) is 6.92. The lowest BCUT2D eigenvalue weighted by molar-refractivity contribution is 0.0930. The molecule has 2 unspecified atom stereocenters. The minimum absolute atomic E-state index is 0. The maximum absolute atomic E-state index is 12.3. The van der Waals surface area contributed by atoms with Gasteiger partial charge in [0.15, 0.2) is 0 Å². The Labute approximate surface area is 130 Å². The van der Waals surface area contributed by atoms with Gasteiger partial charge in [-0.05, 0) is 63.6 Å². The van der Waals surface area contributed by atoms with Crippen molar-refractivity contribution in [3.05, 3.63) is 21.4 Å². The van der Waals surface area contributed by atoms with Crippen LogP contribution in [0.15, 0.2) is 6.07 Å². The fourth-order valence-corrected chi connectivity index (χ4v) is 4.28. The predicted octanol–water partition coefficient (Wildman–Crippen LogP) is 2.92. The van der Waals surface area contributed by atoms with Crippen LogP contribution in [0.2, 0.25) is 0 Å². The molecule has 1 aliphatic carbocycles. The minimum Gasteiger partial charge on any atom is -0.349 e. The molecular formula is C15H23ClN2OS. The van der Waals surface area contributed by atoms with Gasteiger partial charge in [0, 0.05) is 17.0 Å². The number of thiophene rings is 1. The number of rotatable bonds is 2. The van der Waals surface area contributed by atoms with E-state index in [0.29, 0.717) is 12.1 Å². The zero-order valence-electron chi connectivity index (χ0n) is 11.9. The molecule has 1 aliphatic heterocycles. The molecular weight excluding hydrogens is 292 g/mol. The highest BCUT2D eigenvalue weighted by molar-refractivity contribution is 7.14. The van der Waals surface area contributed by atoms with Crippen LogP contribution in [0.5, 0.6) is 0 Å². The molecule has 0 radical (unpaired) electrons. The topological polar surface area (TPSA) is 41.1 Å². The van der Waals surface area contributed by atoms with Gasteiger partial charge in [-0.15, -0.1) is 23.7 Å². The molecule has 0 spiro atoms. The fourth-order valence-electron chi connectivity index (χ4n) is 3.12. The van der Waals surface area contributed by atoms with Crippen LogP contribution in [0.4, 0.5) is 0 Å². The molecule has 3 nitrogen and oxygen atoms in total. The maximum Gasteiger partial charge on any atom is 0.261 e. The third-order valence-corrected chi connectivity index (χ3v) is 5.42. The van der Waals surface area contributed by atoms with Crippen LogP contribution in [0.1, 0.15) is 52.7 Å². The highest BCUT2D eigenvalue weighted by Gasteiger charge is 2.22. The number of halogens is 1. The van der Waals surface area contributed by atoms with Crippen LogP contribution >= 0.6 is 23.7 Å². The van der Waals surface area contributed by atoms with E-state index in [9.17, 15) is 4.79 Å². The fraction of sp³-hybridized carbons (Fsp3) is 0.667. The first-order valence-electron chi connectivity index (χ1n) is 7.38. The van der Waals surface area contributed by atoms with E-state index in [-0.39, 0.29) is 18.3 Å². The summed E-state index contributed by atoms with van der Waals surface area (Å²) in [7, 11) is 0. The van der Waals surface area contributed by atoms with Crippen molar-refractivity contribution in [2.75, 3.05) is 6.54 Å². The number of amides is 1. The lowest BCUT2D eigenvalue weighted by Gasteiger charge is -2.28. The van der Waals surface area contributed by atoms with Crippen LogP contribution < -0.4 is 10.6 Å². The lowest BCUT2D eigenvalue weighted by atomic mass is 9.99. The third-order valence-electron chi connectivity index (χ3n) is 4.18. The summed E-state index contributed by atoms with van der Waals surface area (Å²) in [6.45, 7) is 3.19. The molecule has 1 fully saturated rings.